The topological polar surface area (TPSA) is 46.2 Å². The molecule has 24 heavy (non-hydrogen) atoms. The van der Waals surface area contributed by atoms with Crippen LogP contribution in [0.3, 0.4) is 0 Å². The summed E-state index contributed by atoms with van der Waals surface area (Å²) in [6, 6.07) is 4.59. The standard InChI is InChI=1S/C22H33NO/c1-13-10-14-12-17-21(4)9-7-18(23)20(2,3)16(21)6-8-22(17,5)19(14)15(24)11-13/h10-11,16-18,24H,6-9,12,23H2,1-5H3/t16-,17+,18+,21-,22+/m0/s1. The normalized spacial score (nSPS) is 43.0. The zero-order chi connectivity index (χ0) is 17.5. The number of hydrogen-bond acceptors (Lipinski definition) is 2. The lowest BCUT2D eigenvalue weighted by atomic mass is 9.43. The molecule has 3 N–H and O–H groups in total. The molecule has 0 saturated heterocycles. The molecule has 0 unspecified atom stereocenters. The van der Waals surface area contributed by atoms with Crippen molar-refractivity contribution in [3.05, 3.63) is 28.8 Å². The smallest absolute Gasteiger partial charge is 0.119 e. The summed E-state index contributed by atoms with van der Waals surface area (Å²) in [4.78, 5) is 0. The monoisotopic (exact) mass is 327 g/mol. The summed E-state index contributed by atoms with van der Waals surface area (Å²) >= 11 is 0. The Labute approximate surface area is 146 Å². The van der Waals surface area contributed by atoms with Crippen LogP contribution in [0.15, 0.2) is 12.1 Å². The number of phenols is 1. The molecule has 2 fully saturated rings. The van der Waals surface area contributed by atoms with Crippen molar-refractivity contribution in [1.82, 2.24) is 0 Å². The van der Waals surface area contributed by atoms with Crippen molar-refractivity contribution in [3.63, 3.8) is 0 Å². The Morgan fingerprint density at radius 2 is 1.75 bits per heavy atom. The van der Waals surface area contributed by atoms with E-state index < -0.39 is 0 Å². The highest BCUT2D eigenvalue weighted by molar-refractivity contribution is 5.52. The van der Waals surface area contributed by atoms with Gasteiger partial charge in [0.2, 0.25) is 0 Å². The second kappa shape index (κ2) is 4.78. The molecule has 1 aromatic rings. The molecule has 0 radical (unpaired) electrons. The van der Waals surface area contributed by atoms with Crippen molar-refractivity contribution in [2.45, 2.75) is 78.2 Å². The number of fused-ring (bicyclic) bond motifs is 5. The number of nitrogens with two attached hydrogens (primary N) is 1. The Balaban J connectivity index is 1.83. The van der Waals surface area contributed by atoms with Gasteiger partial charge in [0.05, 0.1) is 0 Å². The predicted molar refractivity (Wildman–Crippen MR) is 99.2 cm³/mol. The third-order valence-corrected chi connectivity index (χ3v) is 8.50. The van der Waals surface area contributed by atoms with E-state index in [0.29, 0.717) is 29.0 Å². The summed E-state index contributed by atoms with van der Waals surface area (Å²) < 4.78 is 0. The Kier molecular flexibility index (Phi) is 3.28. The minimum Gasteiger partial charge on any atom is -0.508 e. The van der Waals surface area contributed by atoms with Gasteiger partial charge in [-0.1, -0.05) is 33.8 Å². The van der Waals surface area contributed by atoms with Crippen molar-refractivity contribution in [3.8, 4) is 5.75 Å². The van der Waals surface area contributed by atoms with Crippen molar-refractivity contribution in [1.29, 1.82) is 0 Å². The largest absolute Gasteiger partial charge is 0.508 e. The number of aromatic hydroxyl groups is 1. The van der Waals surface area contributed by atoms with Crippen LogP contribution in [0.5, 0.6) is 5.75 Å². The summed E-state index contributed by atoms with van der Waals surface area (Å²) in [5.74, 6) is 1.84. The second-order valence-corrected chi connectivity index (χ2v) is 10.1. The van der Waals surface area contributed by atoms with Crippen molar-refractivity contribution in [2.75, 3.05) is 0 Å². The van der Waals surface area contributed by atoms with Gasteiger partial charge < -0.3 is 10.8 Å². The first-order valence-electron chi connectivity index (χ1n) is 9.69. The van der Waals surface area contributed by atoms with Crippen LogP contribution < -0.4 is 5.73 Å². The molecule has 0 aromatic heterocycles. The van der Waals surface area contributed by atoms with Crippen molar-refractivity contribution < 1.29 is 5.11 Å². The van der Waals surface area contributed by atoms with Gasteiger partial charge in [0.25, 0.3) is 0 Å². The van der Waals surface area contributed by atoms with Crippen molar-refractivity contribution >= 4 is 0 Å². The maximum atomic E-state index is 10.7. The second-order valence-electron chi connectivity index (χ2n) is 10.1. The average Bonchev–Trinajstić information content (AvgIpc) is 2.77. The zero-order valence-corrected chi connectivity index (χ0v) is 15.9. The van der Waals surface area contributed by atoms with Gasteiger partial charge in [-0.3, -0.25) is 0 Å². The first-order valence-corrected chi connectivity index (χ1v) is 9.69. The third-order valence-electron chi connectivity index (χ3n) is 8.50. The van der Waals surface area contributed by atoms with Gasteiger partial charge >= 0.3 is 0 Å². The van der Waals surface area contributed by atoms with Gasteiger partial charge in [0, 0.05) is 17.0 Å². The fraction of sp³-hybridized carbons (Fsp3) is 0.727. The van der Waals surface area contributed by atoms with E-state index in [2.05, 4.69) is 40.7 Å². The van der Waals surface area contributed by atoms with E-state index in [1.807, 2.05) is 6.07 Å². The molecule has 132 valence electrons. The van der Waals surface area contributed by atoms with Crippen LogP contribution in [0, 0.1) is 29.6 Å². The van der Waals surface area contributed by atoms with Gasteiger partial charge in [-0.15, -0.1) is 0 Å². The van der Waals surface area contributed by atoms with Crippen LogP contribution in [0.25, 0.3) is 0 Å². The maximum absolute atomic E-state index is 10.7. The molecule has 5 atom stereocenters. The fourth-order valence-corrected chi connectivity index (χ4v) is 7.22. The molecular formula is C22H33NO. The number of hydrogen-bond donors (Lipinski definition) is 2. The number of aryl methyl sites for hydroxylation is 1. The van der Waals surface area contributed by atoms with Gasteiger partial charge in [-0.2, -0.15) is 0 Å². The molecule has 3 aliphatic rings. The maximum Gasteiger partial charge on any atom is 0.119 e. The van der Waals surface area contributed by atoms with Crippen LogP contribution in [0.2, 0.25) is 0 Å². The Bertz CT molecular complexity index is 693. The molecular weight excluding hydrogens is 294 g/mol. The van der Waals surface area contributed by atoms with Crippen molar-refractivity contribution in [2.24, 2.45) is 28.4 Å². The van der Waals surface area contributed by atoms with Crippen LogP contribution in [-0.2, 0) is 11.8 Å². The Hall–Kier alpha value is -1.02. The minimum atomic E-state index is 0.121. The number of phenolic OH excluding ortho intramolecular Hbond substituents is 1. The molecule has 2 saturated carbocycles. The predicted octanol–water partition coefficient (Wildman–Crippen LogP) is 4.69. The molecule has 0 heterocycles. The summed E-state index contributed by atoms with van der Waals surface area (Å²) in [5, 5.41) is 10.7. The quantitative estimate of drug-likeness (QED) is 0.726. The van der Waals surface area contributed by atoms with Crippen LogP contribution in [0.4, 0.5) is 0 Å². The lowest BCUT2D eigenvalue weighted by Gasteiger charge is -2.62. The molecule has 4 rings (SSSR count). The van der Waals surface area contributed by atoms with E-state index in [9.17, 15) is 5.11 Å². The fourth-order valence-electron chi connectivity index (χ4n) is 7.22. The summed E-state index contributed by atoms with van der Waals surface area (Å²) in [5.41, 5.74) is 11.0. The van der Waals surface area contributed by atoms with E-state index in [0.717, 1.165) is 12.8 Å². The molecule has 2 nitrogen and oxygen atoms in total. The molecule has 1 aromatic carbocycles. The molecule has 0 bridgehead atoms. The van der Waals surface area contributed by atoms with Gasteiger partial charge in [-0.25, -0.2) is 0 Å². The Morgan fingerprint density at radius 3 is 2.46 bits per heavy atom. The molecule has 0 spiro atoms. The third kappa shape index (κ3) is 1.87. The van der Waals surface area contributed by atoms with E-state index in [1.165, 1.54) is 36.0 Å². The Morgan fingerprint density at radius 1 is 1.04 bits per heavy atom. The summed E-state index contributed by atoms with van der Waals surface area (Å²) in [6.07, 6.45) is 5.90. The van der Waals surface area contributed by atoms with Crippen LogP contribution in [-0.4, -0.2) is 11.1 Å². The highest BCUT2D eigenvalue weighted by atomic mass is 16.3. The van der Waals surface area contributed by atoms with E-state index in [4.69, 9.17) is 5.73 Å². The van der Waals surface area contributed by atoms with E-state index >= 15 is 0 Å². The lowest BCUT2D eigenvalue weighted by molar-refractivity contribution is -0.107. The zero-order valence-electron chi connectivity index (χ0n) is 15.9. The van der Waals surface area contributed by atoms with Crippen LogP contribution in [0.1, 0.15) is 70.1 Å². The summed E-state index contributed by atoms with van der Waals surface area (Å²) in [7, 11) is 0. The van der Waals surface area contributed by atoms with Gasteiger partial charge in [-0.05, 0) is 78.9 Å². The van der Waals surface area contributed by atoms with E-state index in [1.54, 1.807) is 0 Å². The molecule has 0 amide bonds. The summed E-state index contributed by atoms with van der Waals surface area (Å²) in [6.45, 7) is 11.8. The van der Waals surface area contributed by atoms with Gasteiger partial charge in [0.15, 0.2) is 0 Å². The highest BCUT2D eigenvalue weighted by Gasteiger charge is 2.62. The minimum absolute atomic E-state index is 0.121. The highest BCUT2D eigenvalue weighted by Crippen LogP contribution is 2.68. The number of benzene rings is 1. The van der Waals surface area contributed by atoms with E-state index in [-0.39, 0.29) is 10.8 Å². The SMILES string of the molecule is Cc1cc(O)c2c(c1)C[C@@H]1[C@@]3(C)CC[C@@H](N)C(C)(C)[C@@H]3CC[C@@]21C. The first-order chi connectivity index (χ1) is 11.1. The molecule has 2 heteroatoms. The average molecular weight is 328 g/mol. The first kappa shape index (κ1) is 16.4. The van der Waals surface area contributed by atoms with Gasteiger partial charge in [0.1, 0.15) is 5.75 Å². The lowest BCUT2D eigenvalue weighted by Crippen LogP contribution is -2.60. The molecule has 0 aliphatic heterocycles. The molecule has 3 aliphatic carbocycles. The number of rotatable bonds is 0. The van der Waals surface area contributed by atoms with Crippen LogP contribution >= 0.6 is 0 Å².